The summed E-state index contributed by atoms with van der Waals surface area (Å²) in [7, 11) is 1.91. The maximum absolute atomic E-state index is 6.12. The fraction of sp³-hybridized carbons (Fsp3) is 0.950. The highest BCUT2D eigenvalue weighted by Gasteiger charge is 2.36. The van der Waals surface area contributed by atoms with E-state index in [-0.39, 0.29) is 5.41 Å². The van der Waals surface area contributed by atoms with Gasteiger partial charge in [-0.2, -0.15) is 0 Å². The molecule has 3 atom stereocenters. The van der Waals surface area contributed by atoms with E-state index >= 15 is 0 Å². The SMILES string of the molecule is CCN(CC)C1CCN(C(=NC)NCC2CCCOC2C(C)(C)C)C1. The molecule has 1 N–H and O–H groups in total. The van der Waals surface area contributed by atoms with E-state index in [1.165, 1.54) is 19.3 Å². The molecule has 2 aliphatic heterocycles. The zero-order valence-electron chi connectivity index (χ0n) is 17.3. The molecule has 0 aromatic heterocycles. The molecule has 0 spiro atoms. The van der Waals surface area contributed by atoms with Gasteiger partial charge in [0, 0.05) is 45.2 Å². The van der Waals surface area contributed by atoms with Gasteiger partial charge in [-0.15, -0.1) is 0 Å². The summed E-state index contributed by atoms with van der Waals surface area (Å²) in [5, 5.41) is 3.66. The second-order valence-corrected chi connectivity index (χ2v) is 8.60. The third-order valence-corrected chi connectivity index (χ3v) is 5.82. The maximum atomic E-state index is 6.12. The second kappa shape index (κ2) is 9.22. The molecule has 3 unspecified atom stereocenters. The molecular formula is C20H40N4O. The number of hydrogen-bond acceptors (Lipinski definition) is 3. The largest absolute Gasteiger partial charge is 0.377 e. The molecule has 2 fully saturated rings. The first-order valence-electron chi connectivity index (χ1n) is 10.2. The molecular weight excluding hydrogens is 312 g/mol. The molecule has 0 bridgehead atoms. The summed E-state index contributed by atoms with van der Waals surface area (Å²) in [6.45, 7) is 17.7. The predicted molar refractivity (Wildman–Crippen MR) is 106 cm³/mol. The molecule has 2 aliphatic rings. The van der Waals surface area contributed by atoms with E-state index in [0.717, 1.165) is 45.3 Å². The average Bonchev–Trinajstić information content (AvgIpc) is 3.06. The summed E-state index contributed by atoms with van der Waals surface area (Å²) < 4.78 is 6.12. The summed E-state index contributed by atoms with van der Waals surface area (Å²) >= 11 is 0. The third-order valence-electron chi connectivity index (χ3n) is 5.82. The van der Waals surface area contributed by atoms with E-state index < -0.39 is 0 Å². The Balaban J connectivity index is 1.90. The number of hydrogen-bond donors (Lipinski definition) is 1. The van der Waals surface area contributed by atoms with Crippen LogP contribution in [0.4, 0.5) is 0 Å². The summed E-state index contributed by atoms with van der Waals surface area (Å²) in [5.41, 5.74) is 0.192. The lowest BCUT2D eigenvalue weighted by molar-refractivity contribution is -0.0836. The van der Waals surface area contributed by atoms with Crippen molar-refractivity contribution in [2.24, 2.45) is 16.3 Å². The Labute approximate surface area is 155 Å². The molecule has 2 rings (SSSR count). The van der Waals surface area contributed by atoms with Gasteiger partial charge in [0.2, 0.25) is 0 Å². The number of likely N-dealkylation sites (tertiary alicyclic amines) is 1. The van der Waals surface area contributed by atoms with Crippen LogP contribution in [-0.4, -0.2) is 74.3 Å². The Kier molecular flexibility index (Phi) is 7.56. The first kappa shape index (κ1) is 20.5. The van der Waals surface area contributed by atoms with Crippen LogP contribution in [0.25, 0.3) is 0 Å². The minimum Gasteiger partial charge on any atom is -0.377 e. The molecule has 0 amide bonds. The molecule has 0 radical (unpaired) electrons. The number of rotatable bonds is 5. The second-order valence-electron chi connectivity index (χ2n) is 8.60. The number of nitrogens with one attached hydrogen (secondary N) is 1. The first-order valence-corrected chi connectivity index (χ1v) is 10.2. The molecule has 2 heterocycles. The number of aliphatic imine (C=N–C) groups is 1. The Morgan fingerprint density at radius 1 is 1.24 bits per heavy atom. The van der Waals surface area contributed by atoms with Crippen molar-refractivity contribution in [3.63, 3.8) is 0 Å². The van der Waals surface area contributed by atoms with Gasteiger partial charge in [0.1, 0.15) is 0 Å². The Morgan fingerprint density at radius 2 is 1.96 bits per heavy atom. The van der Waals surface area contributed by atoms with Crippen LogP contribution in [0.15, 0.2) is 4.99 Å². The molecule has 5 heteroatoms. The lowest BCUT2D eigenvalue weighted by atomic mass is 9.78. The Morgan fingerprint density at radius 3 is 2.56 bits per heavy atom. The Hall–Kier alpha value is -0.810. The van der Waals surface area contributed by atoms with Gasteiger partial charge in [-0.25, -0.2) is 0 Å². The molecule has 0 saturated carbocycles. The van der Waals surface area contributed by atoms with Gasteiger partial charge in [0.25, 0.3) is 0 Å². The van der Waals surface area contributed by atoms with Crippen LogP contribution in [0.5, 0.6) is 0 Å². The van der Waals surface area contributed by atoms with Crippen LogP contribution in [0.2, 0.25) is 0 Å². The van der Waals surface area contributed by atoms with Gasteiger partial charge in [-0.05, 0) is 37.8 Å². The van der Waals surface area contributed by atoms with Crippen molar-refractivity contribution in [1.29, 1.82) is 0 Å². The van der Waals surface area contributed by atoms with Crippen molar-refractivity contribution in [3.05, 3.63) is 0 Å². The van der Waals surface area contributed by atoms with Crippen molar-refractivity contribution in [3.8, 4) is 0 Å². The topological polar surface area (TPSA) is 40.1 Å². The summed E-state index contributed by atoms with van der Waals surface area (Å²) in [4.78, 5) is 9.56. The Bertz CT molecular complexity index is 428. The van der Waals surface area contributed by atoms with Gasteiger partial charge in [0.15, 0.2) is 5.96 Å². The lowest BCUT2D eigenvalue weighted by Gasteiger charge is -2.40. The smallest absolute Gasteiger partial charge is 0.193 e. The quantitative estimate of drug-likeness (QED) is 0.610. The first-order chi connectivity index (χ1) is 11.9. The average molecular weight is 353 g/mol. The monoisotopic (exact) mass is 352 g/mol. The van der Waals surface area contributed by atoms with Gasteiger partial charge >= 0.3 is 0 Å². The number of nitrogens with zero attached hydrogens (tertiary/aromatic N) is 3. The van der Waals surface area contributed by atoms with Crippen LogP contribution in [-0.2, 0) is 4.74 Å². The van der Waals surface area contributed by atoms with Crippen LogP contribution in [0.3, 0.4) is 0 Å². The fourth-order valence-corrected chi connectivity index (χ4v) is 4.54. The van der Waals surface area contributed by atoms with Crippen molar-refractivity contribution in [1.82, 2.24) is 15.1 Å². The zero-order valence-corrected chi connectivity index (χ0v) is 17.3. The van der Waals surface area contributed by atoms with Crippen molar-refractivity contribution < 1.29 is 4.74 Å². The molecule has 0 aromatic carbocycles. The van der Waals surface area contributed by atoms with E-state index in [1.54, 1.807) is 0 Å². The van der Waals surface area contributed by atoms with Gasteiger partial charge in [0.05, 0.1) is 6.10 Å². The van der Waals surface area contributed by atoms with Gasteiger partial charge in [-0.1, -0.05) is 34.6 Å². The van der Waals surface area contributed by atoms with Crippen LogP contribution in [0.1, 0.15) is 53.9 Å². The van der Waals surface area contributed by atoms with Gasteiger partial charge < -0.3 is 15.0 Å². The van der Waals surface area contributed by atoms with Crippen molar-refractivity contribution in [2.75, 3.05) is 46.4 Å². The summed E-state index contributed by atoms with van der Waals surface area (Å²) in [5.74, 6) is 1.62. The molecule has 146 valence electrons. The molecule has 2 saturated heterocycles. The fourth-order valence-electron chi connectivity index (χ4n) is 4.54. The summed E-state index contributed by atoms with van der Waals surface area (Å²) in [6.07, 6.45) is 3.98. The maximum Gasteiger partial charge on any atom is 0.193 e. The minimum absolute atomic E-state index is 0.192. The van der Waals surface area contributed by atoms with Crippen LogP contribution in [0, 0.1) is 11.3 Å². The number of likely N-dealkylation sites (N-methyl/N-ethyl adjacent to an activating group) is 1. The van der Waals surface area contributed by atoms with E-state index in [0.29, 0.717) is 18.1 Å². The van der Waals surface area contributed by atoms with E-state index in [1.807, 2.05) is 7.05 Å². The molecule has 0 aliphatic carbocycles. The van der Waals surface area contributed by atoms with Crippen molar-refractivity contribution >= 4 is 5.96 Å². The van der Waals surface area contributed by atoms with E-state index in [9.17, 15) is 0 Å². The number of guanidine groups is 1. The molecule has 25 heavy (non-hydrogen) atoms. The highest BCUT2D eigenvalue weighted by atomic mass is 16.5. The van der Waals surface area contributed by atoms with Crippen LogP contribution >= 0.6 is 0 Å². The van der Waals surface area contributed by atoms with E-state index in [2.05, 4.69) is 54.7 Å². The number of ether oxygens (including phenoxy) is 1. The highest BCUT2D eigenvalue weighted by molar-refractivity contribution is 5.80. The van der Waals surface area contributed by atoms with Crippen LogP contribution < -0.4 is 5.32 Å². The molecule has 0 aromatic rings. The lowest BCUT2D eigenvalue weighted by Crippen LogP contribution is -2.48. The van der Waals surface area contributed by atoms with E-state index in [4.69, 9.17) is 4.74 Å². The minimum atomic E-state index is 0.192. The normalized spacial score (nSPS) is 28.7. The molecule has 5 nitrogen and oxygen atoms in total. The summed E-state index contributed by atoms with van der Waals surface area (Å²) in [6, 6.07) is 0.661. The predicted octanol–water partition coefficient (Wildman–Crippen LogP) is 2.82. The highest BCUT2D eigenvalue weighted by Crippen LogP contribution is 2.33. The van der Waals surface area contributed by atoms with Crippen molar-refractivity contribution in [2.45, 2.75) is 66.0 Å². The van der Waals surface area contributed by atoms with Gasteiger partial charge in [-0.3, -0.25) is 9.89 Å². The third kappa shape index (κ3) is 5.33. The zero-order chi connectivity index (χ0) is 18.4. The standard InChI is InChI=1S/C20H40N4O/c1-7-23(8-2)17-11-12-24(15-17)19(21-6)22-14-16-10-9-13-25-18(16)20(3,4)5/h16-18H,7-15H2,1-6H3,(H,21,22).